The third kappa shape index (κ3) is 3.61. The third-order valence-electron chi connectivity index (χ3n) is 2.96. The smallest absolute Gasteiger partial charge is 0.416 e. The van der Waals surface area contributed by atoms with Crippen LogP contribution in [0.5, 0.6) is 0 Å². The zero-order chi connectivity index (χ0) is 14.8. The summed E-state index contributed by atoms with van der Waals surface area (Å²) in [6.45, 7) is 1.85. The van der Waals surface area contributed by atoms with Gasteiger partial charge in [-0.1, -0.05) is 0 Å². The predicted octanol–water partition coefficient (Wildman–Crippen LogP) is 2.63. The molecule has 4 nitrogen and oxygen atoms in total. The van der Waals surface area contributed by atoms with E-state index in [1.165, 1.54) is 0 Å². The molecule has 0 saturated heterocycles. The van der Waals surface area contributed by atoms with Crippen LogP contribution < -0.4 is 4.90 Å². The van der Waals surface area contributed by atoms with Crippen LogP contribution in [0.1, 0.15) is 25.3 Å². The van der Waals surface area contributed by atoms with Crippen LogP contribution in [0.2, 0.25) is 0 Å². The lowest BCUT2D eigenvalue weighted by Gasteiger charge is -2.23. The molecule has 1 aromatic rings. The minimum Gasteiger partial charge on any atom is -0.465 e. The molecule has 0 radical (unpaired) electrons. The Kier molecular flexibility index (Phi) is 4.15. The van der Waals surface area contributed by atoms with E-state index in [0.717, 1.165) is 31.2 Å². The Hall–Kier alpha value is -1.79. The second-order valence-electron chi connectivity index (χ2n) is 4.56. The highest BCUT2D eigenvalue weighted by molar-refractivity contribution is 5.75. The fourth-order valence-corrected chi connectivity index (χ4v) is 1.88. The number of hydrogen-bond acceptors (Lipinski definition) is 4. The van der Waals surface area contributed by atoms with E-state index < -0.39 is 17.7 Å². The molecule has 0 unspecified atom stereocenters. The first-order chi connectivity index (χ1) is 9.41. The number of ether oxygens (including phenoxy) is 1. The van der Waals surface area contributed by atoms with E-state index >= 15 is 0 Å². The maximum atomic E-state index is 12.7. The minimum atomic E-state index is -4.42. The Morgan fingerprint density at radius 1 is 1.50 bits per heavy atom. The summed E-state index contributed by atoms with van der Waals surface area (Å²) in [5.74, 6) is -0.297. The Labute approximate surface area is 114 Å². The molecule has 7 heteroatoms. The summed E-state index contributed by atoms with van der Waals surface area (Å²) in [6.07, 6.45) is -1.62. The SMILES string of the molecule is CCOC(=O)CN(c1cc(C(F)(F)F)ccn1)C1CC1. The van der Waals surface area contributed by atoms with Crippen molar-refractivity contribution in [2.24, 2.45) is 0 Å². The van der Waals surface area contributed by atoms with Gasteiger partial charge in [-0.3, -0.25) is 4.79 Å². The second-order valence-corrected chi connectivity index (χ2v) is 4.56. The van der Waals surface area contributed by atoms with Crippen molar-refractivity contribution in [1.82, 2.24) is 4.98 Å². The molecule has 0 N–H and O–H groups in total. The molecular weight excluding hydrogens is 273 g/mol. The number of anilines is 1. The van der Waals surface area contributed by atoms with Crippen molar-refractivity contribution < 1.29 is 22.7 Å². The van der Waals surface area contributed by atoms with E-state index in [0.29, 0.717) is 0 Å². The summed E-state index contributed by atoms with van der Waals surface area (Å²) in [6, 6.07) is 1.95. The molecule has 1 aliphatic carbocycles. The predicted molar refractivity (Wildman–Crippen MR) is 66.2 cm³/mol. The summed E-state index contributed by atoms with van der Waals surface area (Å²) < 4.78 is 42.9. The van der Waals surface area contributed by atoms with Gasteiger partial charge in [-0.05, 0) is 31.9 Å². The molecule has 1 saturated carbocycles. The summed E-state index contributed by atoms with van der Waals surface area (Å²) in [4.78, 5) is 17.0. The molecule has 110 valence electrons. The first-order valence-electron chi connectivity index (χ1n) is 6.37. The monoisotopic (exact) mass is 288 g/mol. The zero-order valence-electron chi connectivity index (χ0n) is 11.0. The number of hydrogen-bond donors (Lipinski definition) is 0. The highest BCUT2D eigenvalue weighted by atomic mass is 19.4. The van der Waals surface area contributed by atoms with Gasteiger partial charge in [0.2, 0.25) is 0 Å². The van der Waals surface area contributed by atoms with Gasteiger partial charge in [-0.2, -0.15) is 13.2 Å². The van der Waals surface area contributed by atoms with Crippen LogP contribution in [0.3, 0.4) is 0 Å². The number of aromatic nitrogens is 1. The fraction of sp³-hybridized carbons (Fsp3) is 0.538. The first kappa shape index (κ1) is 14.6. The number of esters is 1. The van der Waals surface area contributed by atoms with Gasteiger partial charge >= 0.3 is 12.1 Å². The largest absolute Gasteiger partial charge is 0.465 e. The van der Waals surface area contributed by atoms with Gasteiger partial charge in [0.15, 0.2) is 0 Å². The summed E-state index contributed by atoms with van der Waals surface area (Å²) in [5, 5.41) is 0. The molecular formula is C13H15F3N2O2. The number of pyridine rings is 1. The highest BCUT2D eigenvalue weighted by Crippen LogP contribution is 2.34. The third-order valence-corrected chi connectivity index (χ3v) is 2.96. The van der Waals surface area contributed by atoms with Gasteiger partial charge in [0.05, 0.1) is 12.2 Å². The Bertz CT molecular complexity index is 487. The molecule has 0 bridgehead atoms. The lowest BCUT2D eigenvalue weighted by atomic mass is 10.2. The van der Waals surface area contributed by atoms with Gasteiger partial charge in [-0.15, -0.1) is 0 Å². The molecule has 1 fully saturated rings. The Balaban J connectivity index is 2.19. The van der Waals surface area contributed by atoms with Crippen molar-refractivity contribution in [3.05, 3.63) is 23.9 Å². The van der Waals surface area contributed by atoms with Crippen LogP contribution in [0.15, 0.2) is 18.3 Å². The number of halogens is 3. The normalized spacial score (nSPS) is 15.0. The van der Waals surface area contributed by atoms with E-state index in [9.17, 15) is 18.0 Å². The topological polar surface area (TPSA) is 42.4 Å². The number of rotatable bonds is 5. The van der Waals surface area contributed by atoms with Crippen LogP contribution in [-0.2, 0) is 15.7 Å². The van der Waals surface area contributed by atoms with E-state index in [2.05, 4.69) is 4.98 Å². The molecule has 1 aromatic heterocycles. The number of alkyl halides is 3. The van der Waals surface area contributed by atoms with E-state index in [-0.39, 0.29) is 25.0 Å². The summed E-state index contributed by atoms with van der Waals surface area (Å²) >= 11 is 0. The second kappa shape index (κ2) is 5.68. The molecule has 0 amide bonds. The number of nitrogens with zero attached hydrogens (tertiary/aromatic N) is 2. The van der Waals surface area contributed by atoms with Gasteiger partial charge in [0, 0.05) is 12.2 Å². The minimum absolute atomic E-state index is 0.0652. The zero-order valence-corrected chi connectivity index (χ0v) is 11.0. The summed E-state index contributed by atoms with van der Waals surface area (Å²) in [5.41, 5.74) is -0.767. The highest BCUT2D eigenvalue weighted by Gasteiger charge is 2.35. The van der Waals surface area contributed by atoms with E-state index in [4.69, 9.17) is 4.74 Å². The average Bonchev–Trinajstić information content (AvgIpc) is 3.20. The number of carbonyl (C=O) groups excluding carboxylic acids is 1. The molecule has 0 atom stereocenters. The Morgan fingerprint density at radius 2 is 2.20 bits per heavy atom. The fourth-order valence-electron chi connectivity index (χ4n) is 1.88. The molecule has 1 heterocycles. The van der Waals surface area contributed by atoms with Crippen molar-refractivity contribution in [3.63, 3.8) is 0 Å². The van der Waals surface area contributed by atoms with Crippen molar-refractivity contribution in [2.75, 3.05) is 18.1 Å². The lowest BCUT2D eigenvalue weighted by molar-refractivity contribution is -0.141. The van der Waals surface area contributed by atoms with Crippen LogP contribution in [0.25, 0.3) is 0 Å². The van der Waals surface area contributed by atoms with Gasteiger partial charge in [0.1, 0.15) is 12.4 Å². The molecule has 0 aromatic carbocycles. The van der Waals surface area contributed by atoms with Crippen LogP contribution in [0.4, 0.5) is 19.0 Å². The van der Waals surface area contributed by atoms with Crippen molar-refractivity contribution >= 4 is 11.8 Å². The van der Waals surface area contributed by atoms with Gasteiger partial charge < -0.3 is 9.64 Å². The van der Waals surface area contributed by atoms with E-state index in [1.54, 1.807) is 11.8 Å². The quantitative estimate of drug-likeness (QED) is 0.781. The maximum absolute atomic E-state index is 12.7. The van der Waals surface area contributed by atoms with E-state index in [1.807, 2.05) is 0 Å². The Morgan fingerprint density at radius 3 is 2.75 bits per heavy atom. The summed E-state index contributed by atoms with van der Waals surface area (Å²) in [7, 11) is 0. The molecule has 0 aliphatic heterocycles. The maximum Gasteiger partial charge on any atom is 0.416 e. The molecule has 1 aliphatic rings. The van der Waals surface area contributed by atoms with Gasteiger partial charge in [-0.25, -0.2) is 4.98 Å². The lowest BCUT2D eigenvalue weighted by Crippen LogP contribution is -2.33. The molecule has 0 spiro atoms. The van der Waals surface area contributed by atoms with Crippen molar-refractivity contribution in [2.45, 2.75) is 32.0 Å². The van der Waals surface area contributed by atoms with Crippen molar-refractivity contribution in [1.29, 1.82) is 0 Å². The average molecular weight is 288 g/mol. The van der Waals surface area contributed by atoms with Crippen LogP contribution in [-0.4, -0.2) is 30.1 Å². The van der Waals surface area contributed by atoms with Gasteiger partial charge in [0.25, 0.3) is 0 Å². The first-order valence-corrected chi connectivity index (χ1v) is 6.37. The number of carbonyl (C=O) groups is 1. The molecule has 2 rings (SSSR count). The van der Waals surface area contributed by atoms with Crippen LogP contribution >= 0.6 is 0 Å². The standard InChI is InChI=1S/C13H15F3N2O2/c1-2-20-12(19)8-18(10-3-4-10)11-7-9(5-6-17-11)13(14,15)16/h5-7,10H,2-4,8H2,1H3. The van der Waals surface area contributed by atoms with Crippen molar-refractivity contribution in [3.8, 4) is 0 Å². The van der Waals surface area contributed by atoms with Crippen LogP contribution in [0, 0.1) is 0 Å². The molecule has 20 heavy (non-hydrogen) atoms.